The molecule has 0 bridgehead atoms. The summed E-state index contributed by atoms with van der Waals surface area (Å²) in [7, 11) is 0. The highest BCUT2D eigenvalue weighted by Crippen LogP contribution is 2.31. The van der Waals surface area contributed by atoms with Crippen molar-refractivity contribution in [2.45, 2.75) is 13.8 Å². The summed E-state index contributed by atoms with van der Waals surface area (Å²) >= 11 is 3.69. The van der Waals surface area contributed by atoms with Crippen LogP contribution in [0.2, 0.25) is 0 Å². The smallest absolute Gasteiger partial charge is 0.0752 e. The molecule has 0 fully saturated rings. The lowest BCUT2D eigenvalue weighted by Crippen LogP contribution is -1.91. The Bertz CT molecular complexity index is 748. The van der Waals surface area contributed by atoms with Gasteiger partial charge in [-0.05, 0) is 31.0 Å². The first-order valence-corrected chi connectivity index (χ1v) is 7.08. The molecular formula is C17H14BrN. The molecule has 1 heterocycles. The highest BCUT2D eigenvalue weighted by atomic mass is 79.9. The summed E-state index contributed by atoms with van der Waals surface area (Å²) in [5.74, 6) is 0. The van der Waals surface area contributed by atoms with Gasteiger partial charge in [0, 0.05) is 15.4 Å². The van der Waals surface area contributed by atoms with Crippen molar-refractivity contribution in [1.82, 2.24) is 4.98 Å². The monoisotopic (exact) mass is 311 g/mol. The van der Waals surface area contributed by atoms with Gasteiger partial charge in [-0.25, -0.2) is 4.98 Å². The molecule has 0 aliphatic carbocycles. The summed E-state index contributed by atoms with van der Waals surface area (Å²) in [6.07, 6.45) is 0. The van der Waals surface area contributed by atoms with Crippen molar-refractivity contribution in [2.24, 2.45) is 0 Å². The van der Waals surface area contributed by atoms with E-state index in [0.717, 1.165) is 21.2 Å². The summed E-state index contributed by atoms with van der Waals surface area (Å²) in [6, 6.07) is 16.7. The molecular weight excluding hydrogens is 298 g/mol. The second-order valence-corrected chi connectivity index (χ2v) is 5.63. The van der Waals surface area contributed by atoms with Crippen LogP contribution in [0.25, 0.3) is 22.2 Å². The van der Waals surface area contributed by atoms with Gasteiger partial charge in [-0.15, -0.1) is 0 Å². The number of rotatable bonds is 1. The zero-order valence-corrected chi connectivity index (χ0v) is 12.5. The van der Waals surface area contributed by atoms with Gasteiger partial charge >= 0.3 is 0 Å². The van der Waals surface area contributed by atoms with Crippen molar-refractivity contribution in [3.05, 3.63) is 64.1 Å². The maximum atomic E-state index is 4.84. The summed E-state index contributed by atoms with van der Waals surface area (Å²) < 4.78 is 1.11. The van der Waals surface area contributed by atoms with Gasteiger partial charge in [0.15, 0.2) is 0 Å². The van der Waals surface area contributed by atoms with Crippen molar-refractivity contribution in [2.75, 3.05) is 0 Å². The predicted molar refractivity (Wildman–Crippen MR) is 84.4 cm³/mol. The van der Waals surface area contributed by atoms with E-state index in [1.54, 1.807) is 0 Å². The van der Waals surface area contributed by atoms with E-state index < -0.39 is 0 Å². The van der Waals surface area contributed by atoms with Crippen LogP contribution in [0.4, 0.5) is 0 Å². The first kappa shape index (κ1) is 12.4. The number of fused-ring (bicyclic) bond motifs is 1. The van der Waals surface area contributed by atoms with Gasteiger partial charge < -0.3 is 0 Å². The van der Waals surface area contributed by atoms with Crippen LogP contribution in [0.3, 0.4) is 0 Å². The summed E-state index contributed by atoms with van der Waals surface area (Å²) in [5, 5.41) is 1.21. The molecule has 1 aromatic heterocycles. The molecule has 3 rings (SSSR count). The van der Waals surface area contributed by atoms with Gasteiger partial charge in [-0.1, -0.05) is 58.4 Å². The first-order chi connectivity index (χ1) is 9.16. The Morgan fingerprint density at radius 1 is 0.895 bits per heavy atom. The zero-order chi connectivity index (χ0) is 13.4. The molecule has 0 radical (unpaired) electrons. The van der Waals surface area contributed by atoms with Crippen molar-refractivity contribution in [3.8, 4) is 11.3 Å². The van der Waals surface area contributed by atoms with Crippen molar-refractivity contribution in [1.29, 1.82) is 0 Å². The molecule has 0 aliphatic heterocycles. The molecule has 2 aromatic carbocycles. The number of halogens is 1. The predicted octanol–water partition coefficient (Wildman–Crippen LogP) is 5.28. The van der Waals surface area contributed by atoms with Gasteiger partial charge in [0.2, 0.25) is 0 Å². The van der Waals surface area contributed by atoms with Crippen LogP contribution in [0.1, 0.15) is 11.1 Å². The molecule has 0 spiro atoms. The number of nitrogens with zero attached hydrogens (tertiary/aromatic N) is 1. The lowest BCUT2D eigenvalue weighted by atomic mass is 10.0. The van der Waals surface area contributed by atoms with Crippen LogP contribution in [0.15, 0.2) is 53.0 Å². The third-order valence-corrected chi connectivity index (χ3v) is 4.02. The lowest BCUT2D eigenvalue weighted by Gasteiger charge is -2.10. The van der Waals surface area contributed by atoms with E-state index in [4.69, 9.17) is 4.98 Å². The molecule has 0 unspecified atom stereocenters. The van der Waals surface area contributed by atoms with E-state index >= 15 is 0 Å². The minimum atomic E-state index is 1.01. The summed E-state index contributed by atoms with van der Waals surface area (Å²) in [4.78, 5) is 4.84. The van der Waals surface area contributed by atoms with Crippen LogP contribution in [0, 0.1) is 13.8 Å². The van der Waals surface area contributed by atoms with Crippen molar-refractivity contribution < 1.29 is 0 Å². The average Bonchev–Trinajstić information content (AvgIpc) is 2.43. The Balaban J connectivity index is 2.34. The molecule has 2 heteroatoms. The van der Waals surface area contributed by atoms with E-state index in [-0.39, 0.29) is 0 Å². The highest BCUT2D eigenvalue weighted by molar-refractivity contribution is 9.10. The summed E-state index contributed by atoms with van der Waals surface area (Å²) in [6.45, 7) is 4.23. The molecule has 0 saturated heterocycles. The van der Waals surface area contributed by atoms with Gasteiger partial charge in [0.25, 0.3) is 0 Å². The maximum absolute atomic E-state index is 4.84. The van der Waals surface area contributed by atoms with Crippen molar-refractivity contribution >= 4 is 26.8 Å². The van der Waals surface area contributed by atoms with Gasteiger partial charge in [0.1, 0.15) is 0 Å². The fourth-order valence-electron chi connectivity index (χ4n) is 2.34. The third-order valence-electron chi connectivity index (χ3n) is 3.39. The third kappa shape index (κ3) is 2.17. The van der Waals surface area contributed by atoms with Gasteiger partial charge in [-0.3, -0.25) is 0 Å². The van der Waals surface area contributed by atoms with Gasteiger partial charge in [-0.2, -0.15) is 0 Å². The second kappa shape index (κ2) is 4.78. The number of aryl methyl sites for hydroxylation is 2. The molecule has 0 atom stereocenters. The van der Waals surface area contributed by atoms with E-state index in [1.165, 1.54) is 16.5 Å². The standard InChI is InChI=1S/C17H14BrN/c1-11-8-9-12(2)17-16(11)14(18)10-15(19-17)13-6-4-3-5-7-13/h3-10H,1-2H3. The molecule has 19 heavy (non-hydrogen) atoms. The Morgan fingerprint density at radius 2 is 1.58 bits per heavy atom. The quantitative estimate of drug-likeness (QED) is 0.595. The molecule has 0 N–H and O–H groups in total. The fourth-order valence-corrected chi connectivity index (χ4v) is 3.06. The van der Waals surface area contributed by atoms with Gasteiger partial charge in [0.05, 0.1) is 11.2 Å². The molecule has 0 amide bonds. The van der Waals surface area contributed by atoms with E-state index in [2.05, 4.69) is 60.1 Å². The number of pyridine rings is 1. The van der Waals surface area contributed by atoms with Crippen molar-refractivity contribution in [3.63, 3.8) is 0 Å². The average molecular weight is 312 g/mol. The Labute approximate surface area is 121 Å². The zero-order valence-electron chi connectivity index (χ0n) is 10.9. The lowest BCUT2D eigenvalue weighted by molar-refractivity contribution is 1.33. The fraction of sp³-hybridized carbons (Fsp3) is 0.118. The van der Waals surface area contributed by atoms with E-state index in [9.17, 15) is 0 Å². The minimum Gasteiger partial charge on any atom is -0.247 e. The molecule has 1 nitrogen and oxygen atoms in total. The maximum Gasteiger partial charge on any atom is 0.0752 e. The minimum absolute atomic E-state index is 1.01. The number of benzene rings is 2. The van der Waals surface area contributed by atoms with E-state index in [1.807, 2.05) is 18.2 Å². The largest absolute Gasteiger partial charge is 0.247 e. The second-order valence-electron chi connectivity index (χ2n) is 4.78. The normalized spacial score (nSPS) is 10.9. The molecule has 94 valence electrons. The van der Waals surface area contributed by atoms with E-state index in [0.29, 0.717) is 0 Å². The van der Waals surface area contributed by atoms with Crippen LogP contribution in [0.5, 0.6) is 0 Å². The summed E-state index contributed by atoms with van der Waals surface area (Å²) in [5.41, 5.74) is 5.69. The molecule has 3 aromatic rings. The topological polar surface area (TPSA) is 12.9 Å². The van der Waals surface area contributed by atoms with Crippen LogP contribution in [-0.4, -0.2) is 4.98 Å². The van der Waals surface area contributed by atoms with Crippen LogP contribution < -0.4 is 0 Å². The molecule has 0 aliphatic rings. The Hall–Kier alpha value is -1.67. The Morgan fingerprint density at radius 3 is 2.32 bits per heavy atom. The number of aromatic nitrogens is 1. The first-order valence-electron chi connectivity index (χ1n) is 6.28. The SMILES string of the molecule is Cc1ccc(C)c2c(Br)cc(-c3ccccc3)nc12. The number of hydrogen-bond acceptors (Lipinski definition) is 1. The molecule has 0 saturated carbocycles. The highest BCUT2D eigenvalue weighted by Gasteiger charge is 2.09. The Kier molecular flexibility index (Phi) is 3.11. The van der Waals surface area contributed by atoms with Crippen LogP contribution >= 0.6 is 15.9 Å². The number of hydrogen-bond donors (Lipinski definition) is 0. The van der Waals surface area contributed by atoms with Crippen LogP contribution in [-0.2, 0) is 0 Å².